The fraction of sp³-hybridized carbons (Fsp3) is 1.00. The molecular weight excluding hydrogens is 311 g/mol. The predicted molar refractivity (Wildman–Crippen MR) is 83.6 cm³/mol. The van der Waals surface area contributed by atoms with Crippen molar-refractivity contribution in [2.75, 3.05) is 52.9 Å². The molecule has 0 aliphatic carbocycles. The minimum Gasteiger partial charge on any atom is -0.314 e. The Hall–Kier alpha value is 0.370. The van der Waals surface area contributed by atoms with Crippen LogP contribution < -0.4 is 10.0 Å². The summed E-state index contributed by atoms with van der Waals surface area (Å²) in [6.45, 7) is 7.75. The van der Waals surface area contributed by atoms with Crippen LogP contribution in [-0.4, -0.2) is 70.5 Å². The largest absolute Gasteiger partial charge is 0.314 e. The van der Waals surface area contributed by atoms with Gasteiger partial charge in [-0.05, 0) is 6.42 Å². The molecule has 0 bridgehead atoms. The highest BCUT2D eigenvalue weighted by atomic mass is 35.5. The first-order valence-corrected chi connectivity index (χ1v) is 7.64. The van der Waals surface area contributed by atoms with E-state index < -0.39 is 10.2 Å². The molecule has 0 unspecified atom stereocenters. The first-order valence-electron chi connectivity index (χ1n) is 6.20. The van der Waals surface area contributed by atoms with Crippen molar-refractivity contribution in [2.24, 2.45) is 0 Å². The Labute approximate surface area is 129 Å². The third-order valence-corrected chi connectivity index (χ3v) is 4.44. The molecule has 118 valence electrons. The molecule has 9 heteroatoms. The Bertz CT molecular complexity index is 311. The summed E-state index contributed by atoms with van der Waals surface area (Å²) in [6, 6.07) is 0. The maximum atomic E-state index is 11.7. The quantitative estimate of drug-likeness (QED) is 0.682. The van der Waals surface area contributed by atoms with Gasteiger partial charge in [0.15, 0.2) is 0 Å². The number of rotatable bonds is 7. The molecular formula is C10H26Cl2N4O2S. The van der Waals surface area contributed by atoms with Crippen molar-refractivity contribution in [3.63, 3.8) is 0 Å². The molecule has 0 atom stereocenters. The van der Waals surface area contributed by atoms with Crippen molar-refractivity contribution in [3.8, 4) is 0 Å². The highest BCUT2D eigenvalue weighted by molar-refractivity contribution is 7.87. The van der Waals surface area contributed by atoms with Gasteiger partial charge >= 0.3 is 0 Å². The molecule has 0 spiro atoms. The fourth-order valence-corrected chi connectivity index (χ4v) is 2.81. The molecule has 0 aromatic heterocycles. The zero-order chi connectivity index (χ0) is 12.7. The van der Waals surface area contributed by atoms with Crippen LogP contribution in [0, 0.1) is 0 Å². The van der Waals surface area contributed by atoms with E-state index in [1.807, 2.05) is 6.92 Å². The van der Waals surface area contributed by atoms with E-state index in [1.54, 1.807) is 7.05 Å². The summed E-state index contributed by atoms with van der Waals surface area (Å²) in [5.74, 6) is 0. The molecule has 1 rings (SSSR count). The van der Waals surface area contributed by atoms with E-state index in [-0.39, 0.29) is 24.8 Å². The van der Waals surface area contributed by atoms with Crippen LogP contribution in [0.2, 0.25) is 0 Å². The van der Waals surface area contributed by atoms with Crippen LogP contribution in [0.5, 0.6) is 0 Å². The monoisotopic (exact) mass is 336 g/mol. The summed E-state index contributed by atoms with van der Waals surface area (Å²) in [5.41, 5.74) is 0. The summed E-state index contributed by atoms with van der Waals surface area (Å²) in [4.78, 5) is 2.26. The van der Waals surface area contributed by atoms with Gasteiger partial charge in [0.1, 0.15) is 0 Å². The van der Waals surface area contributed by atoms with Gasteiger partial charge in [0.05, 0.1) is 0 Å². The molecule has 6 nitrogen and oxygen atoms in total. The van der Waals surface area contributed by atoms with Crippen molar-refractivity contribution in [1.29, 1.82) is 0 Å². The van der Waals surface area contributed by atoms with Crippen LogP contribution >= 0.6 is 24.8 Å². The van der Waals surface area contributed by atoms with E-state index in [1.165, 1.54) is 4.31 Å². The van der Waals surface area contributed by atoms with Gasteiger partial charge in [-0.1, -0.05) is 6.92 Å². The Balaban J connectivity index is 0. The Morgan fingerprint density at radius 2 is 1.84 bits per heavy atom. The van der Waals surface area contributed by atoms with Crippen molar-refractivity contribution >= 4 is 35.0 Å². The number of hydrogen-bond donors (Lipinski definition) is 2. The molecule has 1 aliphatic heterocycles. The third-order valence-electron chi connectivity index (χ3n) is 2.87. The second kappa shape index (κ2) is 11.1. The lowest BCUT2D eigenvalue weighted by atomic mass is 10.3. The van der Waals surface area contributed by atoms with E-state index in [2.05, 4.69) is 14.9 Å². The molecule has 1 heterocycles. The fourth-order valence-electron chi connectivity index (χ4n) is 1.81. The lowest BCUT2D eigenvalue weighted by molar-refractivity contribution is 0.244. The topological polar surface area (TPSA) is 64.7 Å². The zero-order valence-corrected chi connectivity index (χ0v) is 14.0. The van der Waals surface area contributed by atoms with Crippen molar-refractivity contribution in [1.82, 2.24) is 19.2 Å². The van der Waals surface area contributed by atoms with E-state index in [0.717, 1.165) is 39.1 Å². The van der Waals surface area contributed by atoms with Crippen LogP contribution in [0.1, 0.15) is 13.3 Å². The maximum Gasteiger partial charge on any atom is 0.279 e. The Morgan fingerprint density at radius 1 is 1.26 bits per heavy atom. The average molecular weight is 337 g/mol. The molecule has 1 fully saturated rings. The smallest absolute Gasteiger partial charge is 0.279 e. The number of hydrogen-bond acceptors (Lipinski definition) is 4. The molecule has 0 aromatic rings. The van der Waals surface area contributed by atoms with Crippen LogP contribution in [0.4, 0.5) is 0 Å². The molecule has 0 aromatic carbocycles. The Morgan fingerprint density at radius 3 is 2.37 bits per heavy atom. The predicted octanol–water partition coefficient (Wildman–Crippen LogP) is -0.0886. The average Bonchev–Trinajstić information content (AvgIpc) is 2.30. The van der Waals surface area contributed by atoms with E-state index in [4.69, 9.17) is 0 Å². The van der Waals surface area contributed by atoms with E-state index in [9.17, 15) is 8.42 Å². The molecule has 1 aliphatic rings. The number of halogens is 2. The van der Waals surface area contributed by atoms with Crippen molar-refractivity contribution in [3.05, 3.63) is 0 Å². The van der Waals surface area contributed by atoms with Gasteiger partial charge in [-0.15, -0.1) is 24.8 Å². The zero-order valence-electron chi connectivity index (χ0n) is 11.6. The van der Waals surface area contributed by atoms with Crippen LogP contribution in [0.15, 0.2) is 0 Å². The van der Waals surface area contributed by atoms with Gasteiger partial charge < -0.3 is 5.32 Å². The highest BCUT2D eigenvalue weighted by Gasteiger charge is 2.16. The second-order valence-electron chi connectivity index (χ2n) is 4.31. The van der Waals surface area contributed by atoms with Gasteiger partial charge in [-0.3, -0.25) is 4.90 Å². The van der Waals surface area contributed by atoms with Crippen molar-refractivity contribution in [2.45, 2.75) is 13.3 Å². The number of nitrogens with one attached hydrogen (secondary N) is 2. The van der Waals surface area contributed by atoms with Crippen molar-refractivity contribution < 1.29 is 8.42 Å². The van der Waals surface area contributed by atoms with E-state index >= 15 is 0 Å². The van der Waals surface area contributed by atoms with Gasteiger partial charge in [0.2, 0.25) is 0 Å². The lowest BCUT2D eigenvalue weighted by Gasteiger charge is -2.27. The first kappa shape index (κ1) is 21.7. The summed E-state index contributed by atoms with van der Waals surface area (Å²) >= 11 is 0. The third kappa shape index (κ3) is 8.29. The Kier molecular flexibility index (Phi) is 12.6. The molecule has 0 amide bonds. The number of piperazine rings is 1. The normalized spacial score (nSPS) is 16.8. The van der Waals surface area contributed by atoms with Gasteiger partial charge in [0, 0.05) is 52.9 Å². The lowest BCUT2D eigenvalue weighted by Crippen LogP contribution is -2.47. The summed E-state index contributed by atoms with van der Waals surface area (Å²) < 4.78 is 27.5. The maximum absolute atomic E-state index is 11.7. The van der Waals surface area contributed by atoms with Gasteiger partial charge in [-0.25, -0.2) is 4.72 Å². The summed E-state index contributed by atoms with van der Waals surface area (Å²) in [7, 11) is -1.67. The molecule has 2 N–H and O–H groups in total. The van der Waals surface area contributed by atoms with Crippen LogP contribution in [-0.2, 0) is 10.2 Å². The first-order chi connectivity index (χ1) is 8.06. The molecule has 0 saturated carbocycles. The second-order valence-corrected chi connectivity index (χ2v) is 6.17. The molecule has 19 heavy (non-hydrogen) atoms. The van der Waals surface area contributed by atoms with Crippen LogP contribution in [0.25, 0.3) is 0 Å². The van der Waals surface area contributed by atoms with Gasteiger partial charge in [-0.2, -0.15) is 12.7 Å². The highest BCUT2D eigenvalue weighted by Crippen LogP contribution is 1.96. The minimum atomic E-state index is -3.28. The van der Waals surface area contributed by atoms with Gasteiger partial charge in [0.25, 0.3) is 10.2 Å². The summed E-state index contributed by atoms with van der Waals surface area (Å²) in [5, 5.41) is 3.27. The summed E-state index contributed by atoms with van der Waals surface area (Å²) in [6.07, 6.45) is 0.829. The van der Waals surface area contributed by atoms with E-state index in [0.29, 0.717) is 13.1 Å². The van der Waals surface area contributed by atoms with Crippen LogP contribution in [0.3, 0.4) is 0 Å². The SMILES string of the molecule is CCCN(C)S(=O)(=O)NCCN1CCNCC1.Cl.Cl. The minimum absolute atomic E-state index is 0. The molecule has 1 saturated heterocycles. The standard InChI is InChI=1S/C10H24N4O2S.2ClH/c1-3-7-13(2)17(15,16)12-6-10-14-8-4-11-5-9-14;;/h11-12H,3-10H2,1-2H3;2*1H. The molecule has 0 radical (unpaired) electrons. The number of nitrogens with zero attached hydrogens (tertiary/aromatic N) is 2.